The van der Waals surface area contributed by atoms with Gasteiger partial charge in [-0.25, -0.2) is 4.98 Å². The number of aromatic nitrogens is 1. The van der Waals surface area contributed by atoms with Gasteiger partial charge in [0.25, 0.3) is 0 Å². The van der Waals surface area contributed by atoms with Crippen molar-refractivity contribution in [3.63, 3.8) is 0 Å². The molecule has 1 saturated heterocycles. The van der Waals surface area contributed by atoms with Crippen LogP contribution in [0.5, 0.6) is 0 Å². The molecule has 1 amide bonds. The van der Waals surface area contributed by atoms with Crippen LogP contribution < -0.4 is 4.90 Å². The van der Waals surface area contributed by atoms with Crippen molar-refractivity contribution >= 4 is 23.3 Å². The van der Waals surface area contributed by atoms with E-state index in [1.165, 1.54) is 25.7 Å². The lowest BCUT2D eigenvalue weighted by Gasteiger charge is -2.40. The molecule has 2 fully saturated rings. The normalized spacial score (nSPS) is 19.0. The Morgan fingerprint density at radius 3 is 2.39 bits per heavy atom. The van der Waals surface area contributed by atoms with E-state index >= 15 is 0 Å². The quantitative estimate of drug-likeness (QED) is 0.732. The maximum absolute atomic E-state index is 13.3. The van der Waals surface area contributed by atoms with Gasteiger partial charge in [-0.3, -0.25) is 9.69 Å². The first kappa shape index (κ1) is 19.4. The van der Waals surface area contributed by atoms with Crippen LogP contribution in [0.15, 0.2) is 48.7 Å². The van der Waals surface area contributed by atoms with Gasteiger partial charge in [-0.15, -0.1) is 0 Å². The molecule has 4 nitrogen and oxygen atoms in total. The van der Waals surface area contributed by atoms with Crippen LogP contribution in [0.1, 0.15) is 44.1 Å². The zero-order valence-electron chi connectivity index (χ0n) is 16.3. The second kappa shape index (κ2) is 9.06. The van der Waals surface area contributed by atoms with Gasteiger partial charge in [0.2, 0.25) is 5.91 Å². The fourth-order valence-electron chi connectivity index (χ4n) is 4.66. The fraction of sp³-hybridized carbons (Fsp3) is 0.478. The summed E-state index contributed by atoms with van der Waals surface area (Å²) < 4.78 is 0. The maximum Gasteiger partial charge on any atom is 0.232 e. The number of rotatable bonds is 5. The van der Waals surface area contributed by atoms with Crippen LogP contribution in [0.2, 0.25) is 5.02 Å². The zero-order valence-corrected chi connectivity index (χ0v) is 17.0. The Balaban J connectivity index is 1.48. The van der Waals surface area contributed by atoms with Crippen LogP contribution in [0.4, 0.5) is 5.82 Å². The monoisotopic (exact) mass is 397 g/mol. The number of anilines is 1. The van der Waals surface area contributed by atoms with E-state index < -0.39 is 0 Å². The molecule has 1 aromatic carbocycles. The van der Waals surface area contributed by atoms with E-state index in [1.807, 2.05) is 47.4 Å². The van der Waals surface area contributed by atoms with Crippen molar-refractivity contribution in [1.29, 1.82) is 0 Å². The molecule has 0 spiro atoms. The van der Waals surface area contributed by atoms with Gasteiger partial charge in [0.05, 0.1) is 6.42 Å². The van der Waals surface area contributed by atoms with Gasteiger partial charge in [0.1, 0.15) is 5.82 Å². The second-order valence-electron chi connectivity index (χ2n) is 7.96. The molecule has 4 rings (SSSR count). The van der Waals surface area contributed by atoms with Crippen LogP contribution in [0.25, 0.3) is 0 Å². The molecule has 1 aliphatic carbocycles. The van der Waals surface area contributed by atoms with Gasteiger partial charge >= 0.3 is 0 Å². The first-order chi connectivity index (χ1) is 13.7. The van der Waals surface area contributed by atoms with Gasteiger partial charge in [-0.05, 0) is 55.5 Å². The van der Waals surface area contributed by atoms with Gasteiger partial charge < -0.3 is 4.90 Å². The molecule has 148 valence electrons. The molecule has 0 unspecified atom stereocenters. The number of pyridine rings is 1. The van der Waals surface area contributed by atoms with E-state index in [4.69, 9.17) is 11.6 Å². The SMILES string of the molecule is O=C(Cc1ccc(Cl)cc1)N(c1ccccn1)C1CCN(C2CCCC2)CC1. The van der Waals surface area contributed by atoms with Crippen molar-refractivity contribution in [1.82, 2.24) is 9.88 Å². The van der Waals surface area contributed by atoms with E-state index in [9.17, 15) is 4.79 Å². The van der Waals surface area contributed by atoms with Crippen molar-refractivity contribution in [2.75, 3.05) is 18.0 Å². The molecule has 0 atom stereocenters. The third-order valence-corrected chi connectivity index (χ3v) is 6.39. The van der Waals surface area contributed by atoms with Crippen LogP contribution in [-0.2, 0) is 11.2 Å². The van der Waals surface area contributed by atoms with E-state index in [0.29, 0.717) is 11.4 Å². The molecule has 0 radical (unpaired) electrons. The summed E-state index contributed by atoms with van der Waals surface area (Å²) >= 11 is 5.99. The third-order valence-electron chi connectivity index (χ3n) is 6.14. The average Bonchev–Trinajstić information content (AvgIpc) is 3.26. The zero-order chi connectivity index (χ0) is 19.3. The van der Waals surface area contributed by atoms with E-state index in [1.54, 1.807) is 6.20 Å². The minimum atomic E-state index is 0.111. The number of nitrogens with zero attached hydrogens (tertiary/aromatic N) is 3. The molecule has 28 heavy (non-hydrogen) atoms. The molecule has 1 saturated carbocycles. The third kappa shape index (κ3) is 4.56. The number of likely N-dealkylation sites (tertiary alicyclic amines) is 1. The minimum Gasteiger partial charge on any atom is -0.300 e. The number of carbonyl (C=O) groups excluding carboxylic acids is 1. The van der Waals surface area contributed by atoms with Crippen molar-refractivity contribution < 1.29 is 4.79 Å². The number of carbonyl (C=O) groups is 1. The van der Waals surface area contributed by atoms with Crippen LogP contribution in [-0.4, -0.2) is 41.0 Å². The lowest BCUT2D eigenvalue weighted by Crippen LogP contribution is -2.50. The molecule has 0 N–H and O–H groups in total. The Morgan fingerprint density at radius 1 is 1.04 bits per heavy atom. The Kier molecular flexibility index (Phi) is 6.28. The summed E-state index contributed by atoms with van der Waals surface area (Å²) in [6.45, 7) is 2.15. The Hall–Kier alpha value is -1.91. The Morgan fingerprint density at radius 2 is 1.75 bits per heavy atom. The van der Waals surface area contributed by atoms with Gasteiger partial charge in [-0.2, -0.15) is 0 Å². The Bertz CT molecular complexity index is 766. The van der Waals surface area contributed by atoms with Gasteiger partial charge in [-0.1, -0.05) is 42.6 Å². The highest BCUT2D eigenvalue weighted by Crippen LogP contribution is 2.29. The number of piperidine rings is 1. The summed E-state index contributed by atoms with van der Waals surface area (Å²) in [5.74, 6) is 0.876. The van der Waals surface area contributed by atoms with E-state index in [-0.39, 0.29) is 11.9 Å². The summed E-state index contributed by atoms with van der Waals surface area (Å²) in [5.41, 5.74) is 0.985. The molecular weight excluding hydrogens is 370 g/mol. The molecule has 5 heteroatoms. The minimum absolute atomic E-state index is 0.111. The summed E-state index contributed by atoms with van der Waals surface area (Å²) in [6, 6.07) is 14.3. The topological polar surface area (TPSA) is 36.4 Å². The van der Waals surface area contributed by atoms with Crippen LogP contribution in [0.3, 0.4) is 0 Å². The Labute approximate surface area is 172 Å². The molecule has 2 aromatic rings. The van der Waals surface area contributed by atoms with Crippen molar-refractivity contribution in [2.45, 2.75) is 57.0 Å². The number of amides is 1. The predicted molar refractivity (Wildman–Crippen MR) is 114 cm³/mol. The summed E-state index contributed by atoms with van der Waals surface area (Å²) in [6.07, 6.45) is 9.57. The molecule has 1 aliphatic heterocycles. The summed E-state index contributed by atoms with van der Waals surface area (Å²) in [4.78, 5) is 22.4. The molecule has 0 bridgehead atoms. The summed E-state index contributed by atoms with van der Waals surface area (Å²) in [7, 11) is 0. The summed E-state index contributed by atoms with van der Waals surface area (Å²) in [5, 5.41) is 0.692. The predicted octanol–water partition coefficient (Wildman–Crippen LogP) is 4.72. The van der Waals surface area contributed by atoms with Gasteiger partial charge in [0.15, 0.2) is 0 Å². The van der Waals surface area contributed by atoms with Crippen LogP contribution in [0, 0.1) is 0 Å². The smallest absolute Gasteiger partial charge is 0.232 e. The first-order valence-electron chi connectivity index (χ1n) is 10.4. The van der Waals surface area contributed by atoms with E-state index in [0.717, 1.165) is 43.4 Å². The molecule has 1 aromatic heterocycles. The second-order valence-corrected chi connectivity index (χ2v) is 8.40. The van der Waals surface area contributed by atoms with Crippen molar-refractivity contribution in [2.24, 2.45) is 0 Å². The molecule has 2 heterocycles. The lowest BCUT2D eigenvalue weighted by atomic mass is 9.99. The van der Waals surface area contributed by atoms with Crippen molar-refractivity contribution in [3.8, 4) is 0 Å². The van der Waals surface area contributed by atoms with E-state index in [2.05, 4.69) is 9.88 Å². The number of hydrogen-bond donors (Lipinski definition) is 0. The number of benzene rings is 1. The molecule has 2 aliphatic rings. The number of hydrogen-bond acceptors (Lipinski definition) is 3. The maximum atomic E-state index is 13.3. The average molecular weight is 398 g/mol. The largest absolute Gasteiger partial charge is 0.300 e. The highest BCUT2D eigenvalue weighted by molar-refractivity contribution is 6.30. The molecular formula is C23H28ClN3O. The fourth-order valence-corrected chi connectivity index (χ4v) is 4.78. The highest BCUT2D eigenvalue weighted by Gasteiger charge is 2.32. The number of halogens is 1. The standard InChI is InChI=1S/C23H28ClN3O/c24-19-10-8-18(9-11-19)17-23(28)27(22-7-3-4-14-25-22)21-12-15-26(16-13-21)20-5-1-2-6-20/h3-4,7-11,14,20-21H,1-2,5-6,12-13,15-17H2. The van der Waals surface area contributed by atoms with Gasteiger partial charge in [0, 0.05) is 36.4 Å². The lowest BCUT2D eigenvalue weighted by molar-refractivity contribution is -0.118. The highest BCUT2D eigenvalue weighted by atomic mass is 35.5. The first-order valence-corrected chi connectivity index (χ1v) is 10.8. The van der Waals surface area contributed by atoms with Crippen LogP contribution >= 0.6 is 11.6 Å². The van der Waals surface area contributed by atoms with Crippen molar-refractivity contribution in [3.05, 3.63) is 59.2 Å².